The molecule has 0 radical (unpaired) electrons. The van der Waals surface area contributed by atoms with Gasteiger partial charge in [-0.25, -0.2) is 4.39 Å². The second-order valence-corrected chi connectivity index (χ2v) is 6.59. The van der Waals surface area contributed by atoms with Gasteiger partial charge in [0.25, 0.3) is 0 Å². The number of carbonyl (C=O) groups excluding carboxylic acids is 2. The van der Waals surface area contributed by atoms with E-state index in [-0.39, 0.29) is 30.1 Å². The number of rotatable bonds is 5. The molecular weight excluding hydrogens is 351 g/mol. The maximum absolute atomic E-state index is 13.7. The summed E-state index contributed by atoms with van der Waals surface area (Å²) in [6.07, 6.45) is 4.02. The second-order valence-electron chi connectivity index (χ2n) is 5.68. The van der Waals surface area contributed by atoms with Gasteiger partial charge in [0.05, 0.1) is 0 Å². The maximum Gasteiger partial charge on any atom is 0.243 e. The molecule has 0 spiro atoms. The van der Waals surface area contributed by atoms with Gasteiger partial charge in [-0.05, 0) is 37.0 Å². The molecule has 1 atom stereocenters. The maximum atomic E-state index is 13.7. The number of hydrogen-bond acceptors (Lipinski definition) is 2. The van der Waals surface area contributed by atoms with Gasteiger partial charge in [0.1, 0.15) is 11.9 Å². The molecule has 0 saturated heterocycles. The first-order chi connectivity index (χ1) is 10.5. The molecule has 6 heteroatoms. The molecule has 1 aromatic rings. The van der Waals surface area contributed by atoms with Crippen LogP contribution in [0, 0.1) is 11.7 Å². The molecule has 120 valence electrons. The van der Waals surface area contributed by atoms with Gasteiger partial charge >= 0.3 is 0 Å². The summed E-state index contributed by atoms with van der Waals surface area (Å²) in [5.74, 6) is -0.668. The molecule has 22 heavy (non-hydrogen) atoms. The third-order valence-corrected chi connectivity index (χ3v) is 4.47. The van der Waals surface area contributed by atoms with E-state index in [4.69, 9.17) is 0 Å². The van der Waals surface area contributed by atoms with Crippen LogP contribution in [0.25, 0.3) is 0 Å². The Hall–Kier alpha value is -1.43. The molecule has 0 heterocycles. The van der Waals surface area contributed by atoms with E-state index >= 15 is 0 Å². The van der Waals surface area contributed by atoms with E-state index in [1.807, 2.05) is 0 Å². The Morgan fingerprint density at radius 2 is 2.05 bits per heavy atom. The molecule has 2 rings (SSSR count). The van der Waals surface area contributed by atoms with Crippen molar-refractivity contribution in [1.82, 2.24) is 10.6 Å². The molecule has 1 aliphatic rings. The fraction of sp³-hybridized carbons (Fsp3) is 0.500. The van der Waals surface area contributed by atoms with E-state index in [0.717, 1.165) is 30.2 Å². The quantitative estimate of drug-likeness (QED) is 0.836. The summed E-state index contributed by atoms with van der Waals surface area (Å²) in [5, 5.41) is 5.46. The summed E-state index contributed by atoms with van der Waals surface area (Å²) in [6, 6.07) is 4.07. The minimum absolute atomic E-state index is 0.104. The lowest BCUT2D eigenvalue weighted by Gasteiger charge is -2.23. The molecule has 4 nitrogen and oxygen atoms in total. The van der Waals surface area contributed by atoms with E-state index in [9.17, 15) is 14.0 Å². The molecule has 0 aromatic heterocycles. The molecule has 0 aliphatic heterocycles. The van der Waals surface area contributed by atoms with Crippen LogP contribution in [0.4, 0.5) is 4.39 Å². The minimum atomic E-state index is -0.532. The van der Waals surface area contributed by atoms with Crippen molar-refractivity contribution in [3.05, 3.63) is 34.1 Å². The highest BCUT2D eigenvalue weighted by atomic mass is 79.9. The Labute approximate surface area is 138 Å². The molecule has 1 fully saturated rings. The summed E-state index contributed by atoms with van der Waals surface area (Å²) >= 11 is 3.28. The first-order valence-corrected chi connectivity index (χ1v) is 8.25. The molecule has 2 amide bonds. The topological polar surface area (TPSA) is 58.2 Å². The minimum Gasteiger partial charge on any atom is -0.350 e. The van der Waals surface area contributed by atoms with Crippen molar-refractivity contribution in [2.45, 2.75) is 45.2 Å². The Morgan fingerprint density at radius 1 is 1.36 bits per heavy atom. The average Bonchev–Trinajstić information content (AvgIpc) is 2.99. The van der Waals surface area contributed by atoms with Crippen molar-refractivity contribution in [1.29, 1.82) is 0 Å². The molecule has 1 saturated carbocycles. The van der Waals surface area contributed by atoms with Crippen molar-refractivity contribution in [3.8, 4) is 0 Å². The average molecular weight is 371 g/mol. The molecule has 1 unspecified atom stereocenters. The monoisotopic (exact) mass is 370 g/mol. The van der Waals surface area contributed by atoms with Crippen molar-refractivity contribution in [3.63, 3.8) is 0 Å². The standard InChI is InChI=1S/C16H20BrFN2O2/c1-10(21)20-15(11-4-2-3-5-11)16(22)19-9-12-8-13(17)6-7-14(12)18/h6-8,11,15H,2-5,9H2,1H3,(H,19,22)(H,20,21). The first kappa shape index (κ1) is 16.9. The third kappa shape index (κ3) is 4.53. The first-order valence-electron chi connectivity index (χ1n) is 7.46. The molecule has 1 aromatic carbocycles. The number of halogens is 2. The number of nitrogens with one attached hydrogen (secondary N) is 2. The Kier molecular flexibility index (Phi) is 5.94. The molecule has 0 bridgehead atoms. The molecular formula is C16H20BrFN2O2. The van der Waals surface area contributed by atoms with Crippen molar-refractivity contribution < 1.29 is 14.0 Å². The van der Waals surface area contributed by atoms with Crippen LogP contribution in [-0.4, -0.2) is 17.9 Å². The third-order valence-electron chi connectivity index (χ3n) is 3.97. The highest BCUT2D eigenvalue weighted by Crippen LogP contribution is 2.28. The van der Waals surface area contributed by atoms with Gasteiger partial charge in [-0.15, -0.1) is 0 Å². The zero-order chi connectivity index (χ0) is 16.1. The predicted octanol–water partition coefficient (Wildman–Crippen LogP) is 2.90. The lowest BCUT2D eigenvalue weighted by Crippen LogP contribution is -2.49. The van der Waals surface area contributed by atoms with Crippen molar-refractivity contribution in [2.24, 2.45) is 5.92 Å². The van der Waals surface area contributed by atoms with Gasteiger partial charge in [0.2, 0.25) is 11.8 Å². The van der Waals surface area contributed by atoms with E-state index in [2.05, 4.69) is 26.6 Å². The highest BCUT2D eigenvalue weighted by Gasteiger charge is 2.31. The fourth-order valence-corrected chi connectivity index (χ4v) is 3.29. The Bertz CT molecular complexity index is 559. The number of carbonyl (C=O) groups is 2. The van der Waals surface area contributed by atoms with Gasteiger partial charge in [-0.3, -0.25) is 9.59 Å². The summed E-state index contributed by atoms with van der Waals surface area (Å²) in [4.78, 5) is 23.7. The van der Waals surface area contributed by atoms with Gasteiger partial charge in [0, 0.05) is 23.5 Å². The van der Waals surface area contributed by atoms with Crippen LogP contribution in [0.3, 0.4) is 0 Å². The smallest absolute Gasteiger partial charge is 0.243 e. The number of hydrogen-bond donors (Lipinski definition) is 2. The lowest BCUT2D eigenvalue weighted by molar-refractivity contribution is -0.129. The fourth-order valence-electron chi connectivity index (χ4n) is 2.88. The van der Waals surface area contributed by atoms with E-state index in [1.165, 1.54) is 13.0 Å². The van der Waals surface area contributed by atoms with Crippen LogP contribution >= 0.6 is 15.9 Å². The van der Waals surface area contributed by atoms with E-state index < -0.39 is 6.04 Å². The summed E-state index contributed by atoms with van der Waals surface area (Å²) in [7, 11) is 0. The normalized spacial score (nSPS) is 16.3. The molecule has 1 aliphatic carbocycles. The predicted molar refractivity (Wildman–Crippen MR) is 85.5 cm³/mol. The zero-order valence-electron chi connectivity index (χ0n) is 12.5. The lowest BCUT2D eigenvalue weighted by atomic mass is 9.97. The number of benzene rings is 1. The van der Waals surface area contributed by atoms with Gasteiger partial charge in [-0.2, -0.15) is 0 Å². The SMILES string of the molecule is CC(=O)NC(C(=O)NCc1cc(Br)ccc1F)C1CCCC1. The largest absolute Gasteiger partial charge is 0.350 e. The van der Waals surface area contributed by atoms with Crippen LogP contribution in [-0.2, 0) is 16.1 Å². The van der Waals surface area contributed by atoms with Crippen molar-refractivity contribution in [2.75, 3.05) is 0 Å². The van der Waals surface area contributed by atoms with Gasteiger partial charge in [-0.1, -0.05) is 28.8 Å². The summed E-state index contributed by atoms with van der Waals surface area (Å²) in [6.45, 7) is 1.51. The Morgan fingerprint density at radius 3 is 2.68 bits per heavy atom. The zero-order valence-corrected chi connectivity index (χ0v) is 14.1. The second kappa shape index (κ2) is 7.72. The number of amides is 2. The van der Waals surface area contributed by atoms with Crippen LogP contribution < -0.4 is 10.6 Å². The highest BCUT2D eigenvalue weighted by molar-refractivity contribution is 9.10. The van der Waals surface area contributed by atoms with Crippen molar-refractivity contribution >= 4 is 27.7 Å². The van der Waals surface area contributed by atoms with Gasteiger partial charge in [0.15, 0.2) is 0 Å². The van der Waals surface area contributed by atoms with E-state index in [1.54, 1.807) is 12.1 Å². The van der Waals surface area contributed by atoms with Crippen LogP contribution in [0.2, 0.25) is 0 Å². The van der Waals surface area contributed by atoms with Crippen LogP contribution in [0.5, 0.6) is 0 Å². The van der Waals surface area contributed by atoms with E-state index in [0.29, 0.717) is 5.56 Å². The summed E-state index contributed by atoms with van der Waals surface area (Å²) in [5.41, 5.74) is 0.413. The summed E-state index contributed by atoms with van der Waals surface area (Å²) < 4.78 is 14.4. The Balaban J connectivity index is 2.01. The molecule has 2 N–H and O–H groups in total. The van der Waals surface area contributed by atoms with Crippen LogP contribution in [0.15, 0.2) is 22.7 Å². The van der Waals surface area contributed by atoms with Crippen LogP contribution in [0.1, 0.15) is 38.2 Å². The van der Waals surface area contributed by atoms with Gasteiger partial charge < -0.3 is 10.6 Å².